The fraction of sp³-hybridized carbons (Fsp3) is 0.102. The van der Waals surface area contributed by atoms with Crippen LogP contribution >= 0.6 is 0 Å². The van der Waals surface area contributed by atoms with Crippen molar-refractivity contribution in [1.29, 1.82) is 0 Å². The topological polar surface area (TPSA) is 18.1 Å². The molecule has 0 aliphatic heterocycles. The molecule has 0 bridgehead atoms. The Morgan fingerprint density at radius 3 is 2.16 bits per heavy atom. The van der Waals surface area contributed by atoms with Crippen molar-refractivity contribution >= 4 is 60.5 Å². The zero-order valence-corrected chi connectivity index (χ0v) is 28.4. The second kappa shape index (κ2) is 9.56. The SMILES string of the molecule is CC1(C)c2ccc3oc4ccccc4c3c2-c2ccc3c4ccccc4n(-c4ccc(C5=CC=C6c7ccccc7C7=CC=CC5C76)cc4)c3c21. The van der Waals surface area contributed by atoms with Gasteiger partial charge in [-0.05, 0) is 86.0 Å². The Labute approximate surface area is 296 Å². The van der Waals surface area contributed by atoms with Gasteiger partial charge in [-0.25, -0.2) is 0 Å². The molecule has 8 aromatic rings. The average Bonchev–Trinajstić information content (AvgIpc) is 3.88. The van der Waals surface area contributed by atoms with E-state index >= 15 is 0 Å². The van der Waals surface area contributed by atoms with Crippen molar-refractivity contribution in [3.8, 4) is 16.8 Å². The lowest BCUT2D eigenvalue weighted by molar-refractivity contribution is 0.659. The maximum absolute atomic E-state index is 6.39. The van der Waals surface area contributed by atoms with Crippen LogP contribution in [0.5, 0.6) is 0 Å². The van der Waals surface area contributed by atoms with Crippen LogP contribution in [0.25, 0.3) is 77.3 Å². The Hall–Kier alpha value is -6.12. The molecule has 240 valence electrons. The maximum atomic E-state index is 6.39. The first-order valence-corrected chi connectivity index (χ1v) is 18.1. The number of hydrogen-bond acceptors (Lipinski definition) is 1. The van der Waals surface area contributed by atoms with Crippen LogP contribution in [0.4, 0.5) is 0 Å². The number of para-hydroxylation sites is 2. The molecule has 6 aromatic carbocycles. The van der Waals surface area contributed by atoms with Gasteiger partial charge in [-0.3, -0.25) is 0 Å². The lowest BCUT2D eigenvalue weighted by atomic mass is 9.72. The van der Waals surface area contributed by atoms with Crippen molar-refractivity contribution in [2.45, 2.75) is 19.3 Å². The first-order chi connectivity index (χ1) is 25.1. The minimum Gasteiger partial charge on any atom is -0.456 e. The monoisotopic (exact) mass is 651 g/mol. The van der Waals surface area contributed by atoms with E-state index in [9.17, 15) is 0 Å². The maximum Gasteiger partial charge on any atom is 0.136 e. The molecular formula is C49H33NO. The normalized spacial score (nSPS) is 19.2. The van der Waals surface area contributed by atoms with Crippen LogP contribution in [0, 0.1) is 11.8 Å². The third-order valence-electron chi connectivity index (χ3n) is 12.4. The Morgan fingerprint density at radius 1 is 0.588 bits per heavy atom. The minimum absolute atomic E-state index is 0.211. The second-order valence-corrected chi connectivity index (χ2v) is 15.2. The molecule has 0 fully saturated rings. The fourth-order valence-corrected chi connectivity index (χ4v) is 10.2. The van der Waals surface area contributed by atoms with Gasteiger partial charge in [0.2, 0.25) is 0 Å². The number of nitrogens with zero attached hydrogens (tertiary/aromatic N) is 1. The van der Waals surface area contributed by atoms with E-state index < -0.39 is 0 Å². The van der Waals surface area contributed by atoms with Crippen molar-refractivity contribution in [2.75, 3.05) is 0 Å². The predicted molar refractivity (Wildman–Crippen MR) is 212 cm³/mol. The molecule has 2 aromatic heterocycles. The number of aromatic nitrogens is 1. The molecular weight excluding hydrogens is 619 g/mol. The van der Waals surface area contributed by atoms with Crippen LogP contribution < -0.4 is 0 Å². The van der Waals surface area contributed by atoms with E-state index in [1.807, 2.05) is 0 Å². The number of fused-ring (bicyclic) bond motifs is 14. The lowest BCUT2D eigenvalue weighted by Gasteiger charge is -2.31. The summed E-state index contributed by atoms with van der Waals surface area (Å²) >= 11 is 0. The fourth-order valence-electron chi connectivity index (χ4n) is 10.2. The van der Waals surface area contributed by atoms with Crippen LogP contribution in [0.2, 0.25) is 0 Å². The van der Waals surface area contributed by atoms with E-state index in [0.29, 0.717) is 11.8 Å². The molecule has 4 aliphatic carbocycles. The Balaban J connectivity index is 1.06. The number of hydrogen-bond donors (Lipinski definition) is 0. The van der Waals surface area contributed by atoms with Crippen molar-refractivity contribution in [1.82, 2.24) is 4.57 Å². The second-order valence-electron chi connectivity index (χ2n) is 15.2. The van der Waals surface area contributed by atoms with Crippen molar-refractivity contribution in [3.05, 3.63) is 180 Å². The first-order valence-electron chi connectivity index (χ1n) is 18.1. The highest BCUT2D eigenvalue weighted by Crippen LogP contribution is 2.57. The Morgan fingerprint density at radius 2 is 1.31 bits per heavy atom. The molecule has 0 amide bonds. The number of allylic oxidation sites excluding steroid dienone is 8. The van der Waals surface area contributed by atoms with Gasteiger partial charge < -0.3 is 8.98 Å². The largest absolute Gasteiger partial charge is 0.456 e. The molecule has 12 rings (SSSR count). The molecule has 0 radical (unpaired) electrons. The minimum atomic E-state index is -0.211. The van der Waals surface area contributed by atoms with Crippen LogP contribution in [0.15, 0.2) is 156 Å². The standard InChI is InChI=1S/C49H33NO/c1-49(2)40-26-27-43-46(38-13-6-8-17-42(38)51-43)45(40)39-25-24-37-33-12-5-7-16-41(33)50(48(37)47(39)49)29-20-18-28(19-21-29)30-22-23-36-32-11-4-3-10-31(32)35-15-9-14-34(30)44(35)36/h3-27,34,44H,1-2H3. The molecule has 4 aliphatic rings. The molecule has 0 saturated heterocycles. The summed E-state index contributed by atoms with van der Waals surface area (Å²) in [5, 5.41) is 4.98. The van der Waals surface area contributed by atoms with Crippen molar-refractivity contribution in [2.24, 2.45) is 11.8 Å². The molecule has 2 unspecified atom stereocenters. The van der Waals surface area contributed by atoms with Crippen LogP contribution in [0.1, 0.15) is 41.7 Å². The molecule has 51 heavy (non-hydrogen) atoms. The third kappa shape index (κ3) is 3.43. The first kappa shape index (κ1) is 27.7. The molecule has 0 saturated carbocycles. The van der Waals surface area contributed by atoms with Crippen molar-refractivity contribution in [3.63, 3.8) is 0 Å². The molecule has 0 N–H and O–H groups in total. The third-order valence-corrected chi connectivity index (χ3v) is 12.4. The average molecular weight is 652 g/mol. The summed E-state index contributed by atoms with van der Waals surface area (Å²) in [5.41, 5.74) is 19.1. The van der Waals surface area contributed by atoms with E-state index in [0.717, 1.165) is 11.2 Å². The van der Waals surface area contributed by atoms with E-state index in [1.165, 1.54) is 93.9 Å². The Bertz CT molecular complexity index is 2990. The van der Waals surface area contributed by atoms with E-state index in [-0.39, 0.29) is 5.41 Å². The Kier molecular flexibility index (Phi) is 5.19. The summed E-state index contributed by atoms with van der Waals surface area (Å²) < 4.78 is 8.92. The van der Waals surface area contributed by atoms with Gasteiger partial charge in [0.15, 0.2) is 0 Å². The summed E-state index contributed by atoms with van der Waals surface area (Å²) in [5.74, 6) is 0.713. The summed E-state index contributed by atoms with van der Waals surface area (Å²) in [6, 6.07) is 44.8. The van der Waals surface area contributed by atoms with Crippen LogP contribution in [0.3, 0.4) is 0 Å². The van der Waals surface area contributed by atoms with Crippen LogP contribution in [-0.2, 0) is 5.41 Å². The highest BCUT2D eigenvalue weighted by atomic mass is 16.3. The number of furan rings is 1. The van der Waals surface area contributed by atoms with Gasteiger partial charge in [0.05, 0.1) is 11.0 Å². The van der Waals surface area contributed by atoms with Gasteiger partial charge in [0, 0.05) is 44.5 Å². The zero-order valence-electron chi connectivity index (χ0n) is 28.4. The highest BCUT2D eigenvalue weighted by molar-refractivity contribution is 6.18. The van der Waals surface area contributed by atoms with Crippen LogP contribution in [-0.4, -0.2) is 4.57 Å². The zero-order chi connectivity index (χ0) is 33.6. The lowest BCUT2D eigenvalue weighted by Crippen LogP contribution is -2.18. The molecule has 2 heteroatoms. The number of benzene rings is 6. The van der Waals surface area contributed by atoms with E-state index in [4.69, 9.17) is 4.42 Å². The molecule has 2 atom stereocenters. The summed E-state index contributed by atoms with van der Waals surface area (Å²) in [6.07, 6.45) is 11.7. The van der Waals surface area contributed by atoms with Gasteiger partial charge in [0.25, 0.3) is 0 Å². The van der Waals surface area contributed by atoms with Gasteiger partial charge in [0.1, 0.15) is 11.2 Å². The molecule has 2 nitrogen and oxygen atoms in total. The smallest absolute Gasteiger partial charge is 0.136 e. The van der Waals surface area contributed by atoms with Crippen molar-refractivity contribution < 1.29 is 4.42 Å². The summed E-state index contributed by atoms with van der Waals surface area (Å²) in [7, 11) is 0. The molecule has 0 spiro atoms. The number of rotatable bonds is 2. The van der Waals surface area contributed by atoms with Gasteiger partial charge in [-0.2, -0.15) is 0 Å². The van der Waals surface area contributed by atoms with Gasteiger partial charge >= 0.3 is 0 Å². The highest BCUT2D eigenvalue weighted by Gasteiger charge is 2.42. The predicted octanol–water partition coefficient (Wildman–Crippen LogP) is 12.7. The summed E-state index contributed by atoms with van der Waals surface area (Å²) in [4.78, 5) is 0. The summed E-state index contributed by atoms with van der Waals surface area (Å²) in [6.45, 7) is 4.80. The van der Waals surface area contributed by atoms with Gasteiger partial charge in [-0.15, -0.1) is 0 Å². The quantitative estimate of drug-likeness (QED) is 0.182. The molecule has 2 heterocycles. The van der Waals surface area contributed by atoms with E-state index in [2.05, 4.69) is 170 Å². The van der Waals surface area contributed by atoms with Gasteiger partial charge in [-0.1, -0.05) is 135 Å². The van der Waals surface area contributed by atoms with E-state index in [1.54, 1.807) is 0 Å².